The second kappa shape index (κ2) is 6.11. The third kappa shape index (κ3) is 3.29. The molecule has 0 aliphatic heterocycles. The highest BCUT2D eigenvalue weighted by atomic mass is 32.2. The van der Waals surface area contributed by atoms with Gasteiger partial charge in [0, 0.05) is 24.0 Å². The molecule has 0 amide bonds. The Morgan fingerprint density at radius 2 is 2.17 bits per heavy atom. The molecule has 1 N–H and O–H groups in total. The minimum absolute atomic E-state index is 0.540. The van der Waals surface area contributed by atoms with Gasteiger partial charge in [0.1, 0.15) is 0 Å². The number of nitrogens with one attached hydrogen (secondary N) is 1. The maximum absolute atomic E-state index is 4.67. The van der Waals surface area contributed by atoms with Crippen molar-refractivity contribution in [2.45, 2.75) is 56.9 Å². The van der Waals surface area contributed by atoms with E-state index in [0.717, 1.165) is 25.9 Å². The Morgan fingerprint density at radius 1 is 1.44 bits per heavy atom. The molecule has 0 radical (unpaired) electrons. The van der Waals surface area contributed by atoms with Crippen LogP contribution in [-0.4, -0.2) is 27.3 Å². The summed E-state index contributed by atoms with van der Waals surface area (Å²) in [7, 11) is 0. The number of aromatic nitrogens is 2. The summed E-state index contributed by atoms with van der Waals surface area (Å²) < 4.78 is 2.66. The van der Waals surface area contributed by atoms with Crippen molar-refractivity contribution in [1.82, 2.24) is 15.1 Å². The van der Waals surface area contributed by atoms with E-state index in [0.29, 0.717) is 10.8 Å². The van der Waals surface area contributed by atoms with Crippen molar-refractivity contribution in [3.63, 3.8) is 0 Å². The summed E-state index contributed by atoms with van der Waals surface area (Å²) in [5.74, 6) is 0. The van der Waals surface area contributed by atoms with Crippen molar-refractivity contribution in [1.29, 1.82) is 0 Å². The van der Waals surface area contributed by atoms with Crippen LogP contribution in [0.5, 0.6) is 0 Å². The van der Waals surface area contributed by atoms with Gasteiger partial charge in [0.2, 0.25) is 0 Å². The molecular formula is C14H25N3S. The van der Waals surface area contributed by atoms with Gasteiger partial charge in [0.25, 0.3) is 0 Å². The molecule has 0 spiro atoms. The zero-order valence-corrected chi connectivity index (χ0v) is 12.6. The lowest BCUT2D eigenvalue weighted by atomic mass is 10.2. The summed E-state index contributed by atoms with van der Waals surface area (Å²) in [6.45, 7) is 6.47. The minimum Gasteiger partial charge on any atom is -0.310 e. The first-order valence-electron chi connectivity index (χ1n) is 7.03. The highest BCUT2D eigenvalue weighted by Gasteiger charge is 2.41. The number of hydrogen-bond acceptors (Lipinski definition) is 3. The largest absolute Gasteiger partial charge is 0.310 e. The molecule has 4 heteroatoms. The van der Waals surface area contributed by atoms with E-state index < -0.39 is 0 Å². The van der Waals surface area contributed by atoms with E-state index in [1.165, 1.54) is 18.5 Å². The topological polar surface area (TPSA) is 29.9 Å². The fourth-order valence-electron chi connectivity index (χ4n) is 2.35. The number of hydrogen-bond donors (Lipinski definition) is 1. The highest BCUT2D eigenvalue weighted by molar-refractivity contribution is 8.00. The smallest absolute Gasteiger partial charge is 0.0762 e. The van der Waals surface area contributed by atoms with E-state index >= 15 is 0 Å². The molecule has 2 rings (SSSR count). The van der Waals surface area contributed by atoms with Gasteiger partial charge < -0.3 is 5.32 Å². The summed E-state index contributed by atoms with van der Waals surface area (Å²) in [6.07, 6.45) is 9.38. The van der Waals surface area contributed by atoms with E-state index in [2.05, 4.69) is 47.5 Å². The van der Waals surface area contributed by atoms with Gasteiger partial charge in [-0.3, -0.25) is 4.68 Å². The molecule has 1 saturated carbocycles. The van der Waals surface area contributed by atoms with Crippen LogP contribution in [-0.2, 0) is 6.54 Å². The molecule has 1 heterocycles. The normalized spacial score (nSPS) is 17.3. The van der Waals surface area contributed by atoms with Crippen LogP contribution < -0.4 is 5.32 Å². The minimum atomic E-state index is 0.540. The molecule has 1 aromatic heterocycles. The van der Waals surface area contributed by atoms with E-state index in [-0.39, 0.29) is 0 Å². The van der Waals surface area contributed by atoms with Crippen molar-refractivity contribution < 1.29 is 0 Å². The van der Waals surface area contributed by atoms with Crippen molar-refractivity contribution in [3.8, 4) is 0 Å². The zero-order valence-electron chi connectivity index (χ0n) is 11.8. The van der Waals surface area contributed by atoms with Crippen molar-refractivity contribution >= 4 is 11.8 Å². The third-order valence-electron chi connectivity index (χ3n) is 3.97. The first-order chi connectivity index (χ1) is 8.73. The Morgan fingerprint density at radius 3 is 2.72 bits per heavy atom. The molecular weight excluding hydrogens is 242 g/mol. The van der Waals surface area contributed by atoms with E-state index in [4.69, 9.17) is 0 Å². The van der Waals surface area contributed by atoms with Crippen LogP contribution in [0.15, 0.2) is 12.3 Å². The monoisotopic (exact) mass is 267 g/mol. The summed E-state index contributed by atoms with van der Waals surface area (Å²) in [6, 6.07) is 2.70. The van der Waals surface area contributed by atoms with Crippen molar-refractivity contribution in [2.24, 2.45) is 0 Å². The van der Waals surface area contributed by atoms with Crippen molar-refractivity contribution in [2.75, 3.05) is 12.8 Å². The summed E-state index contributed by atoms with van der Waals surface area (Å²) in [5, 5.41) is 8.21. The summed E-state index contributed by atoms with van der Waals surface area (Å²) >= 11 is 2.00. The fraction of sp³-hybridized carbons (Fsp3) is 0.786. The Labute approximate surface area is 115 Å². The molecule has 18 heavy (non-hydrogen) atoms. The van der Waals surface area contributed by atoms with Gasteiger partial charge in [-0.2, -0.15) is 16.9 Å². The summed E-state index contributed by atoms with van der Waals surface area (Å²) in [5.41, 5.74) is 1.17. The molecule has 1 aliphatic rings. The Balaban J connectivity index is 1.79. The predicted molar refractivity (Wildman–Crippen MR) is 79.0 cm³/mol. The molecule has 0 atom stereocenters. The Kier molecular flexibility index (Phi) is 4.73. The predicted octanol–water partition coefficient (Wildman–Crippen LogP) is 3.23. The van der Waals surface area contributed by atoms with Crippen LogP contribution in [0, 0.1) is 0 Å². The molecule has 0 unspecified atom stereocenters. The number of nitrogens with zero attached hydrogens (tertiary/aromatic N) is 2. The van der Waals surface area contributed by atoms with Gasteiger partial charge in [0.15, 0.2) is 0 Å². The van der Waals surface area contributed by atoms with Gasteiger partial charge in [0.05, 0.1) is 11.7 Å². The van der Waals surface area contributed by atoms with E-state index in [1.807, 2.05) is 11.8 Å². The molecule has 102 valence electrons. The quantitative estimate of drug-likeness (QED) is 0.784. The van der Waals surface area contributed by atoms with Crippen LogP contribution in [0.3, 0.4) is 0 Å². The molecule has 0 saturated heterocycles. The lowest BCUT2D eigenvalue weighted by molar-refractivity contribution is 0.424. The van der Waals surface area contributed by atoms with E-state index in [1.54, 1.807) is 0 Å². The maximum Gasteiger partial charge on any atom is 0.0762 e. The van der Waals surface area contributed by atoms with Crippen LogP contribution in [0.4, 0.5) is 0 Å². The maximum atomic E-state index is 4.67. The number of rotatable bonds is 8. The zero-order chi connectivity index (χ0) is 13.0. The highest BCUT2D eigenvalue weighted by Crippen LogP contribution is 2.46. The Hall–Kier alpha value is -0.480. The van der Waals surface area contributed by atoms with Gasteiger partial charge >= 0.3 is 0 Å². The third-order valence-corrected chi connectivity index (χ3v) is 5.39. The summed E-state index contributed by atoms with van der Waals surface area (Å²) in [4.78, 5) is 0. The van der Waals surface area contributed by atoms with Gasteiger partial charge in [-0.15, -0.1) is 0 Å². The first kappa shape index (κ1) is 13.9. The molecule has 1 fully saturated rings. The second-order valence-electron chi connectivity index (χ2n) is 5.25. The molecule has 1 aromatic rings. The van der Waals surface area contributed by atoms with Crippen LogP contribution in [0.1, 0.15) is 51.3 Å². The van der Waals surface area contributed by atoms with Gasteiger partial charge in [-0.1, -0.05) is 13.8 Å². The second-order valence-corrected chi connectivity index (χ2v) is 6.52. The van der Waals surface area contributed by atoms with Crippen molar-refractivity contribution in [3.05, 3.63) is 18.0 Å². The molecule has 1 aliphatic carbocycles. The molecule has 3 nitrogen and oxygen atoms in total. The average molecular weight is 267 g/mol. The standard InChI is InChI=1S/C14H25N3S/c1-4-13(5-2)17-9-6-12(16-17)10-15-11-14(18-3)7-8-14/h6,9,13,15H,4-5,7-8,10-11H2,1-3H3. The molecule has 0 bridgehead atoms. The van der Waals surface area contributed by atoms with Gasteiger partial charge in [-0.05, 0) is 38.0 Å². The first-order valence-corrected chi connectivity index (χ1v) is 8.25. The fourth-order valence-corrected chi connectivity index (χ4v) is 3.11. The number of thioether (sulfide) groups is 1. The van der Waals surface area contributed by atoms with Crippen LogP contribution >= 0.6 is 11.8 Å². The lowest BCUT2D eigenvalue weighted by Crippen LogP contribution is -2.25. The lowest BCUT2D eigenvalue weighted by Gasteiger charge is -2.13. The average Bonchev–Trinajstić information content (AvgIpc) is 3.03. The SMILES string of the molecule is CCC(CC)n1ccc(CNCC2(SC)CC2)n1. The van der Waals surface area contributed by atoms with Crippen LogP contribution in [0.25, 0.3) is 0 Å². The van der Waals surface area contributed by atoms with Gasteiger partial charge in [-0.25, -0.2) is 0 Å². The van der Waals surface area contributed by atoms with E-state index in [9.17, 15) is 0 Å². The molecule has 0 aromatic carbocycles. The van der Waals surface area contributed by atoms with Crippen LogP contribution in [0.2, 0.25) is 0 Å². The Bertz CT molecular complexity index is 367.